The fraction of sp³-hybridized carbons (Fsp3) is 0.317. The first-order chi connectivity index (χ1) is 22.6. The van der Waals surface area contributed by atoms with E-state index in [2.05, 4.69) is 24.3 Å². The Labute approximate surface area is 276 Å². The highest BCUT2D eigenvalue weighted by atomic mass is 16.2. The quantitative estimate of drug-likeness (QED) is 0.208. The van der Waals surface area contributed by atoms with Gasteiger partial charge in [-0.25, -0.2) is 4.90 Å². The Morgan fingerprint density at radius 1 is 0.553 bits per heavy atom. The fourth-order valence-electron chi connectivity index (χ4n) is 7.54. The minimum atomic E-state index is -0.857. The van der Waals surface area contributed by atoms with Crippen molar-refractivity contribution in [3.8, 4) is 11.1 Å². The highest BCUT2D eigenvalue weighted by Gasteiger charge is 2.45. The lowest BCUT2D eigenvalue weighted by atomic mass is 9.86. The summed E-state index contributed by atoms with van der Waals surface area (Å²) in [7, 11) is 0. The lowest BCUT2D eigenvalue weighted by molar-refractivity contribution is 0.0474. The van der Waals surface area contributed by atoms with Gasteiger partial charge in [-0.3, -0.25) is 24.1 Å². The molecule has 0 unspecified atom stereocenters. The van der Waals surface area contributed by atoms with E-state index in [0.29, 0.717) is 45.0 Å². The van der Waals surface area contributed by atoms with Gasteiger partial charge in [0.1, 0.15) is 0 Å². The molecule has 6 nitrogen and oxygen atoms in total. The average Bonchev–Trinajstić information content (AvgIpc) is 3.54. The molecule has 4 amide bonds. The zero-order chi connectivity index (χ0) is 32.9. The molecule has 0 atom stereocenters. The predicted octanol–water partition coefficient (Wildman–Crippen LogP) is 9.21. The van der Waals surface area contributed by atoms with Crippen LogP contribution < -0.4 is 4.90 Å². The van der Waals surface area contributed by atoms with Crippen LogP contribution >= 0.6 is 0 Å². The maximum atomic E-state index is 13.9. The molecule has 0 spiro atoms. The molecule has 1 fully saturated rings. The van der Waals surface area contributed by atoms with Crippen LogP contribution in [-0.2, 0) is 5.54 Å². The Kier molecular flexibility index (Phi) is 7.91. The number of rotatable bonds is 5. The molecule has 6 heteroatoms. The number of carbonyl (C=O) groups is 4. The van der Waals surface area contributed by atoms with Gasteiger partial charge in [0.15, 0.2) is 0 Å². The maximum absolute atomic E-state index is 13.9. The van der Waals surface area contributed by atoms with E-state index in [1.54, 1.807) is 48.5 Å². The van der Waals surface area contributed by atoms with Gasteiger partial charge in [0.05, 0.1) is 33.5 Å². The minimum absolute atomic E-state index is 0.314. The van der Waals surface area contributed by atoms with Crippen molar-refractivity contribution in [3.63, 3.8) is 0 Å². The van der Waals surface area contributed by atoms with Gasteiger partial charge in [-0.15, -0.1) is 0 Å². The molecule has 1 aliphatic carbocycles. The number of benzene rings is 4. The Balaban J connectivity index is 1.13. The van der Waals surface area contributed by atoms with E-state index in [-0.39, 0.29) is 23.6 Å². The molecule has 4 aromatic rings. The van der Waals surface area contributed by atoms with Crippen LogP contribution in [0.3, 0.4) is 0 Å². The van der Waals surface area contributed by atoms with Gasteiger partial charge in [-0.1, -0.05) is 92.6 Å². The zero-order valence-corrected chi connectivity index (χ0v) is 27.3. The van der Waals surface area contributed by atoms with Crippen LogP contribution in [0.5, 0.6) is 0 Å². The van der Waals surface area contributed by atoms with E-state index in [0.717, 1.165) is 11.1 Å². The Morgan fingerprint density at radius 2 is 1.04 bits per heavy atom. The molecular formula is C41H40N2O4. The number of anilines is 1. The van der Waals surface area contributed by atoms with E-state index < -0.39 is 5.54 Å². The van der Waals surface area contributed by atoms with Gasteiger partial charge in [-0.2, -0.15) is 0 Å². The standard InChI is InChI=1S/C41H40N2O4/c1-26-12-20-32(21-13-26)42-37(44)33-22-16-29(24-35(33)38(42)45)30-17-23-34-36(25-30)40(47)43(39(34)46)41(2,3)31-18-14-28(15-19-31)27-10-8-6-4-5-7-9-11-27/h12-25,27H,4-11H2,1-3H3. The number of fused-ring (bicyclic) bond motifs is 2. The van der Waals surface area contributed by atoms with Crippen molar-refractivity contribution < 1.29 is 19.2 Å². The first kappa shape index (κ1) is 30.8. The second-order valence-corrected chi connectivity index (χ2v) is 13.8. The van der Waals surface area contributed by atoms with E-state index in [1.165, 1.54) is 66.7 Å². The molecule has 3 aliphatic rings. The van der Waals surface area contributed by atoms with E-state index in [9.17, 15) is 19.2 Å². The summed E-state index contributed by atoms with van der Waals surface area (Å²) in [5.41, 5.74) is 5.72. The Bertz CT molecular complexity index is 1900. The van der Waals surface area contributed by atoms with Crippen LogP contribution in [0.1, 0.15) is 129 Å². The molecular weight excluding hydrogens is 584 g/mol. The summed E-state index contributed by atoms with van der Waals surface area (Å²) in [6, 6.07) is 26.2. The maximum Gasteiger partial charge on any atom is 0.266 e. The van der Waals surface area contributed by atoms with Crippen molar-refractivity contribution in [3.05, 3.63) is 124 Å². The highest BCUT2D eigenvalue weighted by Crippen LogP contribution is 2.39. The van der Waals surface area contributed by atoms with Crippen LogP contribution in [0, 0.1) is 6.92 Å². The van der Waals surface area contributed by atoms with Gasteiger partial charge < -0.3 is 0 Å². The number of imide groups is 2. The first-order valence-electron chi connectivity index (χ1n) is 16.9. The lowest BCUT2D eigenvalue weighted by Crippen LogP contribution is -2.45. The molecule has 2 heterocycles. The molecule has 0 aromatic heterocycles. The average molecular weight is 625 g/mol. The van der Waals surface area contributed by atoms with Gasteiger partial charge >= 0.3 is 0 Å². The van der Waals surface area contributed by atoms with Crippen molar-refractivity contribution in [2.45, 2.75) is 83.6 Å². The number of amides is 4. The van der Waals surface area contributed by atoms with Crippen LogP contribution in [0.15, 0.2) is 84.9 Å². The monoisotopic (exact) mass is 624 g/mol. The first-order valence-corrected chi connectivity index (χ1v) is 16.9. The summed E-state index contributed by atoms with van der Waals surface area (Å²) in [6.07, 6.45) is 10.2. The van der Waals surface area contributed by atoms with Crippen molar-refractivity contribution in [2.75, 3.05) is 4.90 Å². The summed E-state index contributed by atoms with van der Waals surface area (Å²) in [5.74, 6) is -0.838. The van der Waals surface area contributed by atoms with Crippen molar-refractivity contribution in [1.29, 1.82) is 0 Å². The molecule has 47 heavy (non-hydrogen) atoms. The van der Waals surface area contributed by atoms with Crippen LogP contribution in [0.4, 0.5) is 5.69 Å². The predicted molar refractivity (Wildman–Crippen MR) is 184 cm³/mol. The summed E-state index contributed by atoms with van der Waals surface area (Å²) in [5, 5.41) is 0. The molecule has 238 valence electrons. The third-order valence-corrected chi connectivity index (χ3v) is 10.4. The van der Waals surface area contributed by atoms with Gasteiger partial charge in [0, 0.05) is 0 Å². The molecule has 0 N–H and O–H groups in total. The fourth-order valence-corrected chi connectivity index (χ4v) is 7.54. The van der Waals surface area contributed by atoms with Crippen molar-refractivity contribution >= 4 is 29.3 Å². The minimum Gasteiger partial charge on any atom is -0.269 e. The normalized spacial score (nSPS) is 17.4. The number of carbonyl (C=O) groups excluding carboxylic acids is 4. The third-order valence-electron chi connectivity index (χ3n) is 10.4. The molecule has 0 bridgehead atoms. The van der Waals surface area contributed by atoms with Crippen molar-refractivity contribution in [2.24, 2.45) is 0 Å². The van der Waals surface area contributed by atoms with Crippen molar-refractivity contribution in [1.82, 2.24) is 4.90 Å². The summed E-state index contributed by atoms with van der Waals surface area (Å²) < 4.78 is 0. The van der Waals surface area contributed by atoms with Crippen LogP contribution in [-0.4, -0.2) is 28.5 Å². The number of hydrogen-bond donors (Lipinski definition) is 0. The summed E-state index contributed by atoms with van der Waals surface area (Å²) >= 11 is 0. The van der Waals surface area contributed by atoms with Crippen LogP contribution in [0.2, 0.25) is 0 Å². The molecule has 7 rings (SSSR count). The van der Waals surface area contributed by atoms with Gasteiger partial charge in [-0.05, 0) is 98.2 Å². The molecule has 4 aromatic carbocycles. The van der Waals surface area contributed by atoms with Crippen LogP contribution in [0.25, 0.3) is 11.1 Å². The molecule has 0 radical (unpaired) electrons. The molecule has 1 saturated carbocycles. The highest BCUT2D eigenvalue weighted by molar-refractivity contribution is 6.34. The second kappa shape index (κ2) is 12.1. The largest absolute Gasteiger partial charge is 0.269 e. The topological polar surface area (TPSA) is 74.8 Å². The van der Waals surface area contributed by atoms with E-state index >= 15 is 0 Å². The summed E-state index contributed by atoms with van der Waals surface area (Å²) in [6.45, 7) is 5.80. The number of nitrogens with zero attached hydrogens (tertiary/aromatic N) is 2. The SMILES string of the molecule is Cc1ccc(N2C(=O)c3ccc(-c4ccc5c(c4)C(=O)N(C(C)(C)c4ccc(C6CCCCCCCC6)cc4)C5=O)cc3C2=O)cc1. The zero-order valence-electron chi connectivity index (χ0n) is 27.3. The second-order valence-electron chi connectivity index (χ2n) is 13.8. The van der Waals surface area contributed by atoms with Gasteiger partial charge in [0.2, 0.25) is 0 Å². The smallest absolute Gasteiger partial charge is 0.266 e. The summed E-state index contributed by atoms with van der Waals surface area (Å²) in [4.78, 5) is 56.8. The van der Waals surface area contributed by atoms with Gasteiger partial charge in [0.25, 0.3) is 23.6 Å². The molecule has 2 aliphatic heterocycles. The van der Waals surface area contributed by atoms with E-state index in [4.69, 9.17) is 0 Å². The molecule has 0 saturated heterocycles. The number of hydrogen-bond acceptors (Lipinski definition) is 4. The lowest BCUT2D eigenvalue weighted by Gasteiger charge is -2.34. The van der Waals surface area contributed by atoms with E-state index in [1.807, 2.05) is 32.9 Å². The Hall–Kier alpha value is -4.84. The number of aryl methyl sites for hydroxylation is 1. The third kappa shape index (κ3) is 5.40. The Morgan fingerprint density at radius 3 is 1.64 bits per heavy atom.